The number of nitrogens with zero attached hydrogens (tertiary/aromatic N) is 1. The van der Waals surface area contributed by atoms with E-state index in [-0.39, 0.29) is 22.9 Å². The summed E-state index contributed by atoms with van der Waals surface area (Å²) in [5.41, 5.74) is 2.02. The fraction of sp³-hybridized carbons (Fsp3) is 0.0909. The van der Waals surface area contributed by atoms with Crippen LogP contribution in [0.2, 0.25) is 0 Å². The molecule has 0 bridgehead atoms. The number of hydrogen-bond acceptors (Lipinski definition) is 5. The van der Waals surface area contributed by atoms with Crippen molar-refractivity contribution < 1.29 is 13.2 Å². The molecule has 0 aliphatic carbocycles. The Hall–Kier alpha value is -2.94. The first-order valence-electron chi connectivity index (χ1n) is 9.12. The summed E-state index contributed by atoms with van der Waals surface area (Å²) in [6.07, 6.45) is 5.03. The largest absolute Gasteiger partial charge is 0.322 e. The standard InChI is InChI=1S/C22H21N3O3S2/c1-2-12-24-30(27,28)21-7-3-6-18(14-21)22(26)25-19-8-10-20(11-9-19)29-16-17-5-4-13-23-15-17/h2-11,13-15,24H,1,12,16H2,(H,25,26). The molecule has 0 fully saturated rings. The van der Waals surface area contributed by atoms with Crippen molar-refractivity contribution in [3.8, 4) is 0 Å². The number of thioether (sulfide) groups is 1. The smallest absolute Gasteiger partial charge is 0.255 e. The molecule has 0 aliphatic rings. The molecule has 2 aromatic carbocycles. The van der Waals surface area contributed by atoms with Crippen molar-refractivity contribution in [2.24, 2.45) is 0 Å². The molecule has 8 heteroatoms. The third-order valence-corrected chi connectivity index (χ3v) is 6.57. The number of amides is 1. The van der Waals surface area contributed by atoms with Gasteiger partial charge in [-0.3, -0.25) is 9.78 Å². The minimum atomic E-state index is -3.69. The average Bonchev–Trinajstić information content (AvgIpc) is 2.78. The Bertz CT molecular complexity index is 1120. The molecule has 0 saturated carbocycles. The van der Waals surface area contributed by atoms with Crippen LogP contribution >= 0.6 is 11.8 Å². The Kier molecular flexibility index (Phi) is 7.40. The first-order valence-corrected chi connectivity index (χ1v) is 11.6. The molecule has 0 saturated heterocycles. The third kappa shape index (κ3) is 6.03. The lowest BCUT2D eigenvalue weighted by Crippen LogP contribution is -2.24. The van der Waals surface area contributed by atoms with Gasteiger partial charge in [0.15, 0.2) is 0 Å². The van der Waals surface area contributed by atoms with Crippen LogP contribution < -0.4 is 10.0 Å². The van der Waals surface area contributed by atoms with E-state index in [9.17, 15) is 13.2 Å². The molecule has 0 aliphatic heterocycles. The number of carbonyl (C=O) groups excluding carboxylic acids is 1. The normalized spacial score (nSPS) is 11.1. The van der Waals surface area contributed by atoms with Crippen LogP contribution in [0.4, 0.5) is 5.69 Å². The number of pyridine rings is 1. The number of carbonyl (C=O) groups is 1. The molecule has 0 unspecified atom stereocenters. The monoisotopic (exact) mass is 439 g/mol. The molecular formula is C22H21N3O3S2. The second-order valence-electron chi connectivity index (χ2n) is 6.30. The highest BCUT2D eigenvalue weighted by Crippen LogP contribution is 2.24. The number of nitrogens with one attached hydrogen (secondary N) is 2. The van der Waals surface area contributed by atoms with E-state index < -0.39 is 10.0 Å². The van der Waals surface area contributed by atoms with Crippen LogP contribution in [0.25, 0.3) is 0 Å². The molecular weight excluding hydrogens is 418 g/mol. The van der Waals surface area contributed by atoms with Gasteiger partial charge in [0.05, 0.1) is 4.90 Å². The van der Waals surface area contributed by atoms with E-state index in [2.05, 4.69) is 21.6 Å². The lowest BCUT2D eigenvalue weighted by Gasteiger charge is -2.09. The van der Waals surface area contributed by atoms with Gasteiger partial charge in [0.2, 0.25) is 10.0 Å². The fourth-order valence-electron chi connectivity index (χ4n) is 2.54. The lowest BCUT2D eigenvalue weighted by molar-refractivity contribution is 0.102. The maximum absolute atomic E-state index is 12.5. The number of benzene rings is 2. The van der Waals surface area contributed by atoms with Crippen molar-refractivity contribution in [3.63, 3.8) is 0 Å². The molecule has 6 nitrogen and oxygen atoms in total. The Morgan fingerprint density at radius 2 is 1.90 bits per heavy atom. The van der Waals surface area contributed by atoms with Gasteiger partial charge in [-0.05, 0) is 54.1 Å². The van der Waals surface area contributed by atoms with E-state index in [1.54, 1.807) is 24.0 Å². The van der Waals surface area contributed by atoms with Crippen LogP contribution in [0.5, 0.6) is 0 Å². The molecule has 1 amide bonds. The van der Waals surface area contributed by atoms with Crippen LogP contribution in [0, 0.1) is 0 Å². The van der Waals surface area contributed by atoms with Gasteiger partial charge in [-0.15, -0.1) is 18.3 Å². The molecule has 1 aromatic heterocycles. The molecule has 0 radical (unpaired) electrons. The number of anilines is 1. The third-order valence-electron chi connectivity index (χ3n) is 4.06. The van der Waals surface area contributed by atoms with Crippen molar-refractivity contribution in [1.29, 1.82) is 0 Å². The fourth-order valence-corrected chi connectivity index (χ4v) is 4.42. The van der Waals surface area contributed by atoms with Crippen molar-refractivity contribution in [2.45, 2.75) is 15.5 Å². The number of rotatable bonds is 9. The van der Waals surface area contributed by atoms with Crippen molar-refractivity contribution >= 4 is 33.4 Å². The zero-order chi connectivity index (χ0) is 21.4. The summed E-state index contributed by atoms with van der Waals surface area (Å²) in [6, 6.07) is 17.3. The van der Waals surface area contributed by atoms with Crippen molar-refractivity contribution in [1.82, 2.24) is 9.71 Å². The maximum atomic E-state index is 12.5. The molecule has 3 aromatic rings. The highest BCUT2D eigenvalue weighted by atomic mass is 32.2. The average molecular weight is 440 g/mol. The molecule has 2 N–H and O–H groups in total. The predicted molar refractivity (Wildman–Crippen MR) is 120 cm³/mol. The zero-order valence-electron chi connectivity index (χ0n) is 16.1. The van der Waals surface area contributed by atoms with Gasteiger partial charge in [-0.25, -0.2) is 13.1 Å². The topological polar surface area (TPSA) is 88.2 Å². The summed E-state index contributed by atoms with van der Waals surface area (Å²) >= 11 is 1.68. The van der Waals surface area contributed by atoms with Gasteiger partial charge in [0, 0.05) is 40.8 Å². The molecule has 0 spiro atoms. The van der Waals surface area contributed by atoms with Gasteiger partial charge in [-0.2, -0.15) is 0 Å². The van der Waals surface area contributed by atoms with Crippen molar-refractivity contribution in [2.75, 3.05) is 11.9 Å². The Balaban J connectivity index is 1.63. The van der Waals surface area contributed by atoms with Gasteiger partial charge in [-0.1, -0.05) is 18.2 Å². The van der Waals surface area contributed by atoms with Gasteiger partial charge in [0.25, 0.3) is 5.91 Å². The Morgan fingerprint density at radius 3 is 2.60 bits per heavy atom. The van der Waals surface area contributed by atoms with Crippen LogP contribution in [-0.2, 0) is 15.8 Å². The van der Waals surface area contributed by atoms with E-state index in [0.717, 1.165) is 16.2 Å². The molecule has 30 heavy (non-hydrogen) atoms. The summed E-state index contributed by atoms with van der Waals surface area (Å²) in [6.45, 7) is 3.60. The van der Waals surface area contributed by atoms with Crippen LogP contribution in [0.3, 0.4) is 0 Å². The quantitative estimate of drug-likeness (QED) is 0.387. The van der Waals surface area contributed by atoms with E-state index in [0.29, 0.717) is 5.69 Å². The van der Waals surface area contributed by atoms with Crippen LogP contribution in [-0.4, -0.2) is 25.9 Å². The number of sulfonamides is 1. The zero-order valence-corrected chi connectivity index (χ0v) is 17.7. The van der Waals surface area contributed by atoms with E-state index in [1.807, 2.05) is 42.6 Å². The second kappa shape index (κ2) is 10.2. The number of aromatic nitrogens is 1. The first kappa shape index (κ1) is 21.8. The SMILES string of the molecule is C=CCNS(=O)(=O)c1cccc(C(=O)Nc2ccc(SCc3cccnc3)cc2)c1. The van der Waals surface area contributed by atoms with E-state index in [4.69, 9.17) is 0 Å². The van der Waals surface area contributed by atoms with Crippen LogP contribution in [0.15, 0.2) is 95.5 Å². The molecule has 1 heterocycles. The molecule has 3 rings (SSSR count). The van der Waals surface area contributed by atoms with E-state index >= 15 is 0 Å². The summed E-state index contributed by atoms with van der Waals surface area (Å²) in [5.74, 6) is 0.423. The summed E-state index contributed by atoms with van der Waals surface area (Å²) in [5, 5.41) is 2.79. The Morgan fingerprint density at radius 1 is 1.10 bits per heavy atom. The highest BCUT2D eigenvalue weighted by molar-refractivity contribution is 7.98. The van der Waals surface area contributed by atoms with Crippen LogP contribution in [0.1, 0.15) is 15.9 Å². The van der Waals surface area contributed by atoms with Crippen molar-refractivity contribution in [3.05, 3.63) is 96.8 Å². The second-order valence-corrected chi connectivity index (χ2v) is 9.11. The molecule has 154 valence electrons. The van der Waals surface area contributed by atoms with E-state index in [1.165, 1.54) is 24.3 Å². The minimum absolute atomic E-state index is 0.0270. The van der Waals surface area contributed by atoms with Gasteiger partial charge >= 0.3 is 0 Å². The summed E-state index contributed by atoms with van der Waals surface area (Å²) < 4.78 is 26.8. The van der Waals surface area contributed by atoms with Gasteiger partial charge < -0.3 is 5.32 Å². The predicted octanol–water partition coefficient (Wildman–Crippen LogP) is 4.09. The number of hydrogen-bond donors (Lipinski definition) is 2. The maximum Gasteiger partial charge on any atom is 0.255 e. The minimum Gasteiger partial charge on any atom is -0.322 e. The highest BCUT2D eigenvalue weighted by Gasteiger charge is 2.15. The summed E-state index contributed by atoms with van der Waals surface area (Å²) in [7, 11) is -3.69. The first-order chi connectivity index (χ1) is 14.5. The summed E-state index contributed by atoms with van der Waals surface area (Å²) in [4.78, 5) is 17.7. The Labute approximate surface area is 180 Å². The lowest BCUT2D eigenvalue weighted by atomic mass is 10.2. The van der Waals surface area contributed by atoms with Gasteiger partial charge in [0.1, 0.15) is 0 Å². The molecule has 0 atom stereocenters.